The van der Waals surface area contributed by atoms with Crippen LogP contribution in [0.25, 0.3) is 0 Å². The van der Waals surface area contributed by atoms with Crippen molar-refractivity contribution in [2.45, 2.75) is 45.7 Å². The summed E-state index contributed by atoms with van der Waals surface area (Å²) in [6.45, 7) is 6.87. The zero-order chi connectivity index (χ0) is 17.5. The van der Waals surface area contributed by atoms with Crippen molar-refractivity contribution >= 4 is 5.91 Å². The number of amides is 1. The molecule has 0 radical (unpaired) electrons. The van der Waals surface area contributed by atoms with E-state index in [1.807, 2.05) is 4.90 Å². The molecule has 0 unspecified atom stereocenters. The van der Waals surface area contributed by atoms with Gasteiger partial charge in [0.25, 0.3) is 0 Å². The molecule has 5 heteroatoms. The van der Waals surface area contributed by atoms with Crippen LogP contribution in [0.2, 0.25) is 0 Å². The van der Waals surface area contributed by atoms with E-state index >= 15 is 0 Å². The van der Waals surface area contributed by atoms with E-state index in [1.54, 1.807) is 12.1 Å². The summed E-state index contributed by atoms with van der Waals surface area (Å²) in [6.07, 6.45) is 1.89. The molecule has 1 aromatic carbocycles. The molecule has 24 heavy (non-hydrogen) atoms. The van der Waals surface area contributed by atoms with E-state index in [-0.39, 0.29) is 24.4 Å². The van der Waals surface area contributed by atoms with Gasteiger partial charge in [-0.3, -0.25) is 9.18 Å². The maximum Gasteiger partial charge on any atom is 0.224 e. The quantitative estimate of drug-likeness (QED) is 0.709. The van der Waals surface area contributed by atoms with Gasteiger partial charge in [-0.05, 0) is 43.0 Å². The highest BCUT2D eigenvalue weighted by Crippen LogP contribution is 2.21. The number of rotatable bonds is 7. The van der Waals surface area contributed by atoms with Crippen LogP contribution in [-0.4, -0.2) is 48.1 Å². The Morgan fingerprint density at radius 3 is 2.54 bits per heavy atom. The fourth-order valence-corrected chi connectivity index (χ4v) is 3.23. The lowest BCUT2D eigenvalue weighted by molar-refractivity contribution is -0.134. The molecular formula is C19H28F2N2O. The Morgan fingerprint density at radius 2 is 1.92 bits per heavy atom. The van der Waals surface area contributed by atoms with Crippen molar-refractivity contribution < 1.29 is 13.6 Å². The van der Waals surface area contributed by atoms with Crippen LogP contribution in [0.5, 0.6) is 0 Å². The first-order valence-corrected chi connectivity index (χ1v) is 8.83. The Balaban J connectivity index is 2.09. The lowest BCUT2D eigenvalue weighted by atomic mass is 10.0. The Kier molecular flexibility index (Phi) is 7.16. The van der Waals surface area contributed by atoms with Crippen LogP contribution in [0.3, 0.4) is 0 Å². The van der Waals surface area contributed by atoms with Crippen molar-refractivity contribution in [3.05, 3.63) is 35.6 Å². The topological polar surface area (TPSA) is 23.6 Å². The SMILES string of the molecule is CC(C)[C@H]1CN(CCCCF)CCC(=O)N1Cc1ccc(F)cc1. The summed E-state index contributed by atoms with van der Waals surface area (Å²) in [7, 11) is 0. The zero-order valence-corrected chi connectivity index (χ0v) is 14.7. The third-order valence-corrected chi connectivity index (χ3v) is 4.70. The van der Waals surface area contributed by atoms with E-state index in [9.17, 15) is 13.6 Å². The number of benzene rings is 1. The average Bonchev–Trinajstić information content (AvgIpc) is 2.70. The fraction of sp³-hybridized carbons (Fsp3) is 0.632. The standard InChI is InChI=1S/C19H28F2N2O/c1-15(2)18-14-22(11-4-3-10-20)12-9-19(24)23(18)13-16-5-7-17(21)8-6-16/h5-8,15,18H,3-4,9-14H2,1-2H3/t18-/m1/s1. The molecule has 134 valence electrons. The summed E-state index contributed by atoms with van der Waals surface area (Å²) in [6, 6.07) is 6.47. The van der Waals surface area contributed by atoms with Crippen LogP contribution in [0.4, 0.5) is 8.78 Å². The molecule has 1 amide bonds. The van der Waals surface area contributed by atoms with Crippen LogP contribution in [0.1, 0.15) is 38.7 Å². The number of hydrogen-bond donors (Lipinski definition) is 0. The van der Waals surface area contributed by atoms with Crippen molar-refractivity contribution in [1.29, 1.82) is 0 Å². The minimum atomic E-state index is -0.281. The molecule has 1 fully saturated rings. The van der Waals surface area contributed by atoms with E-state index in [0.29, 0.717) is 25.3 Å². The van der Waals surface area contributed by atoms with E-state index in [2.05, 4.69) is 18.7 Å². The smallest absolute Gasteiger partial charge is 0.224 e. The Bertz CT molecular complexity index is 519. The highest BCUT2D eigenvalue weighted by atomic mass is 19.1. The number of nitrogens with zero attached hydrogens (tertiary/aromatic N) is 2. The van der Waals surface area contributed by atoms with Gasteiger partial charge in [0.1, 0.15) is 5.82 Å². The monoisotopic (exact) mass is 338 g/mol. The number of hydrogen-bond acceptors (Lipinski definition) is 2. The van der Waals surface area contributed by atoms with Crippen molar-refractivity contribution in [2.75, 3.05) is 26.3 Å². The normalized spacial score (nSPS) is 19.8. The van der Waals surface area contributed by atoms with Gasteiger partial charge in [-0.15, -0.1) is 0 Å². The summed E-state index contributed by atoms with van der Waals surface area (Å²) in [4.78, 5) is 16.9. The molecule has 1 aliphatic rings. The van der Waals surface area contributed by atoms with Crippen molar-refractivity contribution in [3.63, 3.8) is 0 Å². The van der Waals surface area contributed by atoms with Crippen LogP contribution in [-0.2, 0) is 11.3 Å². The minimum Gasteiger partial charge on any atom is -0.334 e. The molecule has 0 saturated carbocycles. The first kappa shape index (κ1) is 18.8. The van der Waals surface area contributed by atoms with Crippen molar-refractivity contribution in [1.82, 2.24) is 9.80 Å². The highest BCUT2D eigenvalue weighted by molar-refractivity contribution is 5.77. The van der Waals surface area contributed by atoms with Gasteiger partial charge >= 0.3 is 0 Å². The number of carbonyl (C=O) groups excluding carboxylic acids is 1. The Hall–Kier alpha value is -1.49. The fourth-order valence-electron chi connectivity index (χ4n) is 3.23. The van der Waals surface area contributed by atoms with Gasteiger partial charge in [0.2, 0.25) is 5.91 Å². The molecule has 0 bridgehead atoms. The summed E-state index contributed by atoms with van der Waals surface area (Å²) in [5, 5.41) is 0. The Labute approximate surface area is 143 Å². The largest absolute Gasteiger partial charge is 0.334 e. The second-order valence-electron chi connectivity index (χ2n) is 6.91. The summed E-state index contributed by atoms with van der Waals surface area (Å²) in [5.74, 6) is 0.211. The molecule has 0 N–H and O–H groups in total. The number of halogens is 2. The molecule has 2 rings (SSSR count). The van der Waals surface area contributed by atoms with Gasteiger partial charge in [-0.2, -0.15) is 0 Å². The van der Waals surface area contributed by atoms with Gasteiger partial charge in [0.15, 0.2) is 0 Å². The summed E-state index contributed by atoms with van der Waals surface area (Å²) < 4.78 is 25.4. The minimum absolute atomic E-state index is 0.121. The zero-order valence-electron chi connectivity index (χ0n) is 14.7. The maximum atomic E-state index is 13.1. The van der Waals surface area contributed by atoms with Crippen molar-refractivity contribution in [2.24, 2.45) is 5.92 Å². The Morgan fingerprint density at radius 1 is 1.21 bits per heavy atom. The molecule has 1 saturated heterocycles. The lowest BCUT2D eigenvalue weighted by Crippen LogP contribution is -2.46. The first-order valence-electron chi connectivity index (χ1n) is 8.83. The first-order chi connectivity index (χ1) is 11.5. The molecule has 0 aromatic heterocycles. The second kappa shape index (κ2) is 9.11. The molecule has 0 aliphatic carbocycles. The predicted molar refractivity (Wildman–Crippen MR) is 91.8 cm³/mol. The lowest BCUT2D eigenvalue weighted by Gasteiger charge is -2.35. The molecule has 1 aliphatic heterocycles. The highest BCUT2D eigenvalue weighted by Gasteiger charge is 2.31. The maximum absolute atomic E-state index is 13.1. The number of unbranched alkanes of at least 4 members (excludes halogenated alkanes) is 1. The average molecular weight is 338 g/mol. The third kappa shape index (κ3) is 5.26. The van der Waals surface area contributed by atoms with E-state index in [4.69, 9.17) is 0 Å². The number of carbonyl (C=O) groups is 1. The molecule has 3 nitrogen and oxygen atoms in total. The van der Waals surface area contributed by atoms with Crippen LogP contribution in [0, 0.1) is 11.7 Å². The van der Waals surface area contributed by atoms with E-state index in [1.165, 1.54) is 12.1 Å². The number of alkyl halides is 1. The van der Waals surface area contributed by atoms with Gasteiger partial charge in [0.05, 0.1) is 6.67 Å². The molecule has 1 heterocycles. The van der Waals surface area contributed by atoms with Gasteiger partial charge in [-0.25, -0.2) is 4.39 Å². The van der Waals surface area contributed by atoms with Gasteiger partial charge in [0, 0.05) is 32.1 Å². The molecular weight excluding hydrogens is 310 g/mol. The van der Waals surface area contributed by atoms with E-state index < -0.39 is 0 Å². The van der Waals surface area contributed by atoms with E-state index in [0.717, 1.165) is 31.6 Å². The summed E-state index contributed by atoms with van der Waals surface area (Å²) in [5.41, 5.74) is 0.946. The van der Waals surface area contributed by atoms with Crippen molar-refractivity contribution in [3.8, 4) is 0 Å². The molecule has 0 spiro atoms. The van der Waals surface area contributed by atoms with Gasteiger partial charge in [-0.1, -0.05) is 26.0 Å². The molecule has 1 atom stereocenters. The summed E-state index contributed by atoms with van der Waals surface area (Å²) >= 11 is 0. The van der Waals surface area contributed by atoms with Crippen LogP contribution in [0.15, 0.2) is 24.3 Å². The molecule has 1 aromatic rings. The van der Waals surface area contributed by atoms with Crippen LogP contribution >= 0.6 is 0 Å². The third-order valence-electron chi connectivity index (χ3n) is 4.70. The van der Waals surface area contributed by atoms with Crippen LogP contribution < -0.4 is 0 Å². The predicted octanol–water partition coefficient (Wildman–Crippen LogP) is 3.63. The van der Waals surface area contributed by atoms with Gasteiger partial charge < -0.3 is 9.80 Å². The second-order valence-corrected chi connectivity index (χ2v) is 6.91.